The van der Waals surface area contributed by atoms with Gasteiger partial charge in [0, 0.05) is 33.0 Å². The number of fused-ring (bicyclic) bond motifs is 6. The molecule has 0 spiro atoms. The quantitative estimate of drug-likeness (QED) is 0.179. The highest BCUT2D eigenvalue weighted by atomic mass is 15.0. The smallest absolute Gasteiger partial charge is 0.160 e. The van der Waals surface area contributed by atoms with E-state index in [-0.39, 0.29) is 0 Å². The van der Waals surface area contributed by atoms with Gasteiger partial charge in [-0.1, -0.05) is 146 Å². The molecule has 0 N–H and O–H groups in total. The molecular weight excluding hydrogens is 667 g/mol. The molecule has 0 unspecified atom stereocenters. The minimum atomic E-state index is 0.696. The lowest BCUT2D eigenvalue weighted by Gasteiger charge is -2.16. The van der Waals surface area contributed by atoms with Gasteiger partial charge in [-0.25, -0.2) is 9.97 Å². The van der Waals surface area contributed by atoms with Crippen molar-refractivity contribution in [1.29, 1.82) is 0 Å². The third-order valence-corrected chi connectivity index (χ3v) is 11.0. The van der Waals surface area contributed by atoms with Gasteiger partial charge in [-0.3, -0.25) is 0 Å². The second kappa shape index (κ2) is 12.6. The monoisotopic (exact) mass is 699 g/mol. The van der Waals surface area contributed by atoms with Gasteiger partial charge in [0.2, 0.25) is 0 Å². The number of hydrogen-bond acceptors (Lipinski definition) is 2. The minimum absolute atomic E-state index is 0.696. The van der Waals surface area contributed by atoms with Gasteiger partial charge in [0.1, 0.15) is 0 Å². The highest BCUT2D eigenvalue weighted by molar-refractivity contribution is 6.13. The summed E-state index contributed by atoms with van der Waals surface area (Å²) in [5.41, 5.74) is 12.0. The van der Waals surface area contributed by atoms with Crippen molar-refractivity contribution in [2.75, 3.05) is 0 Å². The molecule has 256 valence electrons. The first-order chi connectivity index (χ1) is 27.3. The number of aromatic nitrogens is 3. The maximum atomic E-state index is 5.44. The van der Waals surface area contributed by atoms with Gasteiger partial charge in [0.05, 0.1) is 22.2 Å². The fourth-order valence-corrected chi connectivity index (χ4v) is 8.35. The third kappa shape index (κ3) is 5.20. The zero-order valence-corrected chi connectivity index (χ0v) is 29.9. The zero-order valence-electron chi connectivity index (χ0n) is 29.9. The van der Waals surface area contributed by atoms with Crippen LogP contribution in [0.1, 0.15) is 0 Å². The van der Waals surface area contributed by atoms with Crippen molar-refractivity contribution >= 4 is 54.3 Å². The van der Waals surface area contributed by atoms with Crippen LogP contribution in [0.4, 0.5) is 0 Å². The van der Waals surface area contributed by atoms with Gasteiger partial charge >= 0.3 is 0 Å². The summed E-state index contributed by atoms with van der Waals surface area (Å²) in [4.78, 5) is 10.8. The molecule has 2 heterocycles. The predicted molar refractivity (Wildman–Crippen MR) is 231 cm³/mol. The predicted octanol–water partition coefficient (Wildman–Crippen LogP) is 13.7. The van der Waals surface area contributed by atoms with Gasteiger partial charge in [0.25, 0.3) is 0 Å². The Morgan fingerprint density at radius 1 is 0.327 bits per heavy atom. The molecule has 0 aliphatic carbocycles. The molecule has 0 saturated carbocycles. The normalized spacial score (nSPS) is 11.6. The van der Waals surface area contributed by atoms with Crippen molar-refractivity contribution in [2.45, 2.75) is 0 Å². The first-order valence-electron chi connectivity index (χ1n) is 18.7. The Balaban J connectivity index is 1.14. The molecule has 2 aromatic heterocycles. The number of rotatable bonds is 5. The van der Waals surface area contributed by atoms with Crippen molar-refractivity contribution in [3.05, 3.63) is 200 Å². The molecule has 11 aromatic rings. The summed E-state index contributed by atoms with van der Waals surface area (Å²) >= 11 is 0. The summed E-state index contributed by atoms with van der Waals surface area (Å²) in [5.74, 6) is 0.696. The molecule has 3 heteroatoms. The van der Waals surface area contributed by atoms with Crippen LogP contribution in [0.3, 0.4) is 0 Å². The van der Waals surface area contributed by atoms with Crippen molar-refractivity contribution in [3.8, 4) is 50.6 Å². The Labute approximate surface area is 318 Å². The Bertz CT molecular complexity index is 3230. The van der Waals surface area contributed by atoms with E-state index in [0.29, 0.717) is 5.82 Å². The van der Waals surface area contributed by atoms with E-state index < -0.39 is 0 Å². The molecule has 3 nitrogen and oxygen atoms in total. The summed E-state index contributed by atoms with van der Waals surface area (Å²) in [6, 6.07) is 71.5. The topological polar surface area (TPSA) is 30.7 Å². The van der Waals surface area contributed by atoms with Crippen LogP contribution in [0.15, 0.2) is 200 Å². The molecule has 0 radical (unpaired) electrons. The fraction of sp³-hybridized carbons (Fsp3) is 0. The molecule has 0 bridgehead atoms. The number of para-hydroxylation sites is 1. The zero-order chi connectivity index (χ0) is 36.3. The lowest BCUT2D eigenvalue weighted by molar-refractivity contribution is 1.18. The molecule has 0 atom stereocenters. The summed E-state index contributed by atoms with van der Waals surface area (Å²) < 4.78 is 2.38. The van der Waals surface area contributed by atoms with Crippen molar-refractivity contribution in [3.63, 3.8) is 0 Å². The maximum Gasteiger partial charge on any atom is 0.160 e. The molecule has 0 aliphatic heterocycles. The van der Waals surface area contributed by atoms with E-state index >= 15 is 0 Å². The second-order valence-corrected chi connectivity index (χ2v) is 14.2. The van der Waals surface area contributed by atoms with E-state index in [4.69, 9.17) is 9.97 Å². The van der Waals surface area contributed by atoms with Crippen LogP contribution in [0.25, 0.3) is 105 Å². The minimum Gasteiger partial charge on any atom is -0.309 e. The average molecular weight is 700 g/mol. The van der Waals surface area contributed by atoms with Gasteiger partial charge < -0.3 is 4.57 Å². The molecule has 0 fully saturated rings. The van der Waals surface area contributed by atoms with Crippen LogP contribution in [-0.2, 0) is 0 Å². The van der Waals surface area contributed by atoms with Crippen molar-refractivity contribution < 1.29 is 0 Å². The van der Waals surface area contributed by atoms with E-state index in [1.807, 2.05) is 0 Å². The maximum absolute atomic E-state index is 5.44. The van der Waals surface area contributed by atoms with Crippen LogP contribution in [0, 0.1) is 0 Å². The first-order valence-corrected chi connectivity index (χ1v) is 18.7. The molecule has 0 amide bonds. The largest absolute Gasteiger partial charge is 0.309 e. The van der Waals surface area contributed by atoms with E-state index in [1.165, 1.54) is 43.4 Å². The van der Waals surface area contributed by atoms with E-state index in [0.717, 1.165) is 55.7 Å². The average Bonchev–Trinajstić information content (AvgIpc) is 3.58. The molecule has 9 aromatic carbocycles. The van der Waals surface area contributed by atoms with E-state index in [2.05, 4.69) is 205 Å². The van der Waals surface area contributed by atoms with Crippen LogP contribution >= 0.6 is 0 Å². The van der Waals surface area contributed by atoms with Gasteiger partial charge in [-0.05, 0) is 98.4 Å². The van der Waals surface area contributed by atoms with Gasteiger partial charge in [0.15, 0.2) is 5.82 Å². The summed E-state index contributed by atoms with van der Waals surface area (Å²) in [5, 5.41) is 8.34. The lowest BCUT2D eigenvalue weighted by atomic mass is 9.91. The van der Waals surface area contributed by atoms with Gasteiger partial charge in [-0.2, -0.15) is 0 Å². The number of hydrogen-bond donors (Lipinski definition) is 0. The second-order valence-electron chi connectivity index (χ2n) is 14.2. The van der Waals surface area contributed by atoms with Crippen LogP contribution in [0.2, 0.25) is 0 Å². The van der Waals surface area contributed by atoms with Crippen LogP contribution in [0.5, 0.6) is 0 Å². The van der Waals surface area contributed by atoms with Crippen molar-refractivity contribution in [2.24, 2.45) is 0 Å². The Kier molecular flexibility index (Phi) is 7.17. The molecule has 0 aliphatic rings. The number of nitrogens with zero attached hydrogens (tertiary/aromatic N) is 3. The summed E-state index contributed by atoms with van der Waals surface area (Å²) in [6.45, 7) is 0. The Morgan fingerprint density at radius 2 is 0.927 bits per heavy atom. The third-order valence-electron chi connectivity index (χ3n) is 11.0. The number of benzene rings is 9. The molecular formula is C52H33N3. The summed E-state index contributed by atoms with van der Waals surface area (Å²) in [6.07, 6.45) is 0. The molecule has 55 heavy (non-hydrogen) atoms. The molecule has 11 rings (SSSR count). The first kappa shape index (κ1) is 31.2. The Hall–Kier alpha value is -7.36. The Morgan fingerprint density at radius 3 is 1.67 bits per heavy atom. The van der Waals surface area contributed by atoms with Crippen LogP contribution < -0.4 is 0 Å². The highest BCUT2D eigenvalue weighted by Crippen LogP contribution is 2.41. The highest BCUT2D eigenvalue weighted by Gasteiger charge is 2.19. The van der Waals surface area contributed by atoms with Crippen LogP contribution in [-0.4, -0.2) is 14.5 Å². The molecule has 0 saturated heterocycles. The van der Waals surface area contributed by atoms with E-state index in [9.17, 15) is 0 Å². The summed E-state index contributed by atoms with van der Waals surface area (Å²) in [7, 11) is 0. The SMILES string of the molecule is c1ccc(-c2cc3nc(-c4ccc(-n5c6ccccc6c6cc7ccccc7cc65)cc4)nc(-c4cccc5ccccc45)c3cc2-c2ccccc2)cc1. The van der Waals surface area contributed by atoms with E-state index in [1.54, 1.807) is 0 Å². The van der Waals surface area contributed by atoms with Gasteiger partial charge in [-0.15, -0.1) is 0 Å². The fourth-order valence-electron chi connectivity index (χ4n) is 8.35. The standard InChI is InChI=1S/C52H33N3/c1-3-14-35(15-4-1)44-32-47-48(33-45(44)36-16-5-2-6-17-36)53-52(54-51(47)43-24-13-21-34-18-9-10-22-41(34)43)37-26-28-40(29-27-37)55-49-25-12-11-23-42(49)46-30-38-19-7-8-20-39(38)31-50(46)55/h1-33H. The van der Waals surface area contributed by atoms with Crippen molar-refractivity contribution in [1.82, 2.24) is 14.5 Å². The lowest BCUT2D eigenvalue weighted by Crippen LogP contribution is -1.98.